The van der Waals surface area contributed by atoms with Crippen molar-refractivity contribution in [3.8, 4) is 0 Å². The number of aromatic nitrogens is 5. The van der Waals surface area contributed by atoms with Crippen molar-refractivity contribution in [3.05, 3.63) is 58.1 Å². The molecule has 2 heterocycles. The molecule has 0 saturated heterocycles. The van der Waals surface area contributed by atoms with E-state index in [4.69, 9.17) is 11.6 Å². The highest BCUT2D eigenvalue weighted by atomic mass is 35.5. The van der Waals surface area contributed by atoms with E-state index in [-0.39, 0.29) is 29.9 Å². The average molecular weight is 453 g/mol. The summed E-state index contributed by atoms with van der Waals surface area (Å²) in [6.45, 7) is 2.49. The Hall–Kier alpha value is -2.88. The first-order chi connectivity index (χ1) is 14.7. The maximum Gasteiger partial charge on any atom is 0.436 e. The lowest BCUT2D eigenvalue weighted by Gasteiger charge is -2.07. The first-order valence-electron chi connectivity index (χ1n) is 9.79. The molecular formula is C20H20ClF3N6O. The van der Waals surface area contributed by atoms with Crippen LogP contribution in [0.5, 0.6) is 0 Å². The van der Waals surface area contributed by atoms with Crippen LogP contribution in [0.3, 0.4) is 0 Å². The third-order valence-corrected chi connectivity index (χ3v) is 5.47. The number of aryl methyl sites for hydroxylation is 2. The number of alkyl halides is 3. The number of carbonyl (C=O) groups excluding carboxylic acids is 1. The molecule has 0 radical (unpaired) electrons. The van der Waals surface area contributed by atoms with Crippen LogP contribution >= 0.6 is 11.6 Å². The second-order valence-corrected chi connectivity index (χ2v) is 7.91. The van der Waals surface area contributed by atoms with Gasteiger partial charge in [0.15, 0.2) is 5.69 Å². The maximum absolute atomic E-state index is 13.1. The third-order valence-electron chi connectivity index (χ3n) is 5.10. The SMILES string of the molecule is Cc1ccccc1Cn1cnc(NC(=O)CCn2nc(C(F)(F)F)c(Cl)c2C2CC2)n1. The summed E-state index contributed by atoms with van der Waals surface area (Å²) >= 11 is 5.95. The first-order valence-corrected chi connectivity index (χ1v) is 10.2. The Labute approximate surface area is 181 Å². The minimum absolute atomic E-state index is 0.0165. The molecule has 4 rings (SSSR count). The van der Waals surface area contributed by atoms with Gasteiger partial charge in [0, 0.05) is 12.3 Å². The molecule has 7 nitrogen and oxygen atoms in total. The molecule has 1 saturated carbocycles. The predicted octanol–water partition coefficient (Wildman–Crippen LogP) is 4.41. The van der Waals surface area contributed by atoms with Crippen LogP contribution in [0.25, 0.3) is 0 Å². The highest BCUT2D eigenvalue weighted by Crippen LogP contribution is 2.46. The molecule has 0 aliphatic heterocycles. The molecule has 1 aliphatic rings. The summed E-state index contributed by atoms with van der Waals surface area (Å²) in [5, 5.41) is 10.1. The van der Waals surface area contributed by atoms with Gasteiger partial charge in [0.25, 0.3) is 0 Å². The molecule has 11 heteroatoms. The zero-order chi connectivity index (χ0) is 22.2. The fraction of sp³-hybridized carbons (Fsp3) is 0.400. The largest absolute Gasteiger partial charge is 0.436 e. The third kappa shape index (κ3) is 4.90. The van der Waals surface area contributed by atoms with E-state index in [9.17, 15) is 18.0 Å². The number of amides is 1. The predicted molar refractivity (Wildman–Crippen MR) is 108 cm³/mol. The summed E-state index contributed by atoms with van der Waals surface area (Å²) < 4.78 is 42.2. The number of rotatable bonds is 7. The van der Waals surface area contributed by atoms with E-state index in [2.05, 4.69) is 20.5 Å². The fourth-order valence-electron chi connectivity index (χ4n) is 3.34. The van der Waals surface area contributed by atoms with Crippen LogP contribution in [0.4, 0.5) is 19.1 Å². The van der Waals surface area contributed by atoms with Gasteiger partial charge in [0.2, 0.25) is 11.9 Å². The van der Waals surface area contributed by atoms with Gasteiger partial charge in [0.05, 0.1) is 23.8 Å². The van der Waals surface area contributed by atoms with Gasteiger partial charge in [-0.1, -0.05) is 35.9 Å². The number of benzene rings is 1. The fourth-order valence-corrected chi connectivity index (χ4v) is 3.73. The van der Waals surface area contributed by atoms with Gasteiger partial charge in [0.1, 0.15) is 6.33 Å². The van der Waals surface area contributed by atoms with E-state index in [1.807, 2.05) is 31.2 Å². The molecule has 1 fully saturated rings. The molecule has 1 N–H and O–H groups in total. The Morgan fingerprint density at radius 1 is 1.26 bits per heavy atom. The van der Waals surface area contributed by atoms with Crippen molar-refractivity contribution in [1.29, 1.82) is 0 Å². The Balaban J connectivity index is 1.38. The number of anilines is 1. The number of carbonyl (C=O) groups is 1. The molecule has 0 unspecified atom stereocenters. The lowest BCUT2D eigenvalue weighted by Crippen LogP contribution is -2.17. The minimum Gasteiger partial charge on any atom is -0.293 e. The number of hydrogen-bond acceptors (Lipinski definition) is 4. The minimum atomic E-state index is -4.64. The van der Waals surface area contributed by atoms with Crippen LogP contribution in [0.2, 0.25) is 5.02 Å². The van der Waals surface area contributed by atoms with Gasteiger partial charge in [-0.2, -0.15) is 18.3 Å². The Bertz CT molecular complexity index is 1100. The van der Waals surface area contributed by atoms with E-state index >= 15 is 0 Å². The Morgan fingerprint density at radius 3 is 2.68 bits per heavy atom. The summed E-state index contributed by atoms with van der Waals surface area (Å²) in [4.78, 5) is 16.4. The number of nitrogens with zero attached hydrogens (tertiary/aromatic N) is 5. The van der Waals surface area contributed by atoms with Crippen molar-refractivity contribution in [1.82, 2.24) is 24.5 Å². The van der Waals surface area contributed by atoms with Crippen LogP contribution in [-0.4, -0.2) is 30.5 Å². The van der Waals surface area contributed by atoms with Gasteiger partial charge in [-0.3, -0.25) is 14.8 Å². The van der Waals surface area contributed by atoms with Crippen molar-refractivity contribution >= 4 is 23.5 Å². The van der Waals surface area contributed by atoms with Crippen LogP contribution in [0, 0.1) is 6.92 Å². The summed E-state index contributed by atoms with van der Waals surface area (Å²) in [6.07, 6.45) is -1.69. The van der Waals surface area contributed by atoms with Crippen LogP contribution in [-0.2, 0) is 24.1 Å². The van der Waals surface area contributed by atoms with E-state index in [1.165, 1.54) is 11.0 Å². The lowest BCUT2D eigenvalue weighted by atomic mass is 10.1. The van der Waals surface area contributed by atoms with Gasteiger partial charge in [-0.25, -0.2) is 9.67 Å². The normalized spacial score (nSPS) is 14.1. The van der Waals surface area contributed by atoms with Gasteiger partial charge < -0.3 is 0 Å². The zero-order valence-corrected chi connectivity index (χ0v) is 17.4. The van der Waals surface area contributed by atoms with Crippen molar-refractivity contribution in [2.45, 2.75) is 51.4 Å². The second kappa shape index (κ2) is 8.33. The standard InChI is InChI=1S/C20H20ClF3N6O/c1-12-4-2-3-5-14(12)10-29-11-25-19(28-29)26-15(31)8-9-30-17(13-6-7-13)16(21)18(27-30)20(22,23)24/h2-5,11,13H,6-10H2,1H3,(H,26,28,31). The Morgan fingerprint density at radius 2 is 2.00 bits per heavy atom. The van der Waals surface area contributed by atoms with Crippen LogP contribution < -0.4 is 5.32 Å². The molecule has 3 aromatic rings. The molecule has 1 aromatic carbocycles. The molecule has 1 aliphatic carbocycles. The molecule has 2 aromatic heterocycles. The van der Waals surface area contributed by atoms with Crippen molar-refractivity contribution in [2.24, 2.45) is 0 Å². The van der Waals surface area contributed by atoms with Crippen molar-refractivity contribution in [3.63, 3.8) is 0 Å². The van der Waals surface area contributed by atoms with E-state index in [1.54, 1.807) is 4.68 Å². The van der Waals surface area contributed by atoms with E-state index in [0.717, 1.165) is 24.0 Å². The first kappa shape index (κ1) is 21.4. The average Bonchev–Trinajstić information content (AvgIpc) is 3.34. The van der Waals surface area contributed by atoms with Gasteiger partial charge in [-0.15, -0.1) is 5.10 Å². The lowest BCUT2D eigenvalue weighted by molar-refractivity contribution is -0.141. The molecule has 31 heavy (non-hydrogen) atoms. The number of halogens is 4. The summed E-state index contributed by atoms with van der Waals surface area (Å²) in [5.74, 6) is -0.330. The molecule has 1 amide bonds. The van der Waals surface area contributed by atoms with Gasteiger partial charge >= 0.3 is 6.18 Å². The van der Waals surface area contributed by atoms with Crippen LogP contribution in [0.1, 0.15) is 47.7 Å². The number of hydrogen-bond donors (Lipinski definition) is 1. The molecule has 0 atom stereocenters. The quantitative estimate of drug-likeness (QED) is 0.576. The maximum atomic E-state index is 13.1. The van der Waals surface area contributed by atoms with E-state index in [0.29, 0.717) is 12.2 Å². The molecular weight excluding hydrogens is 433 g/mol. The van der Waals surface area contributed by atoms with E-state index < -0.39 is 17.8 Å². The monoisotopic (exact) mass is 452 g/mol. The number of nitrogens with one attached hydrogen (secondary N) is 1. The van der Waals surface area contributed by atoms with Gasteiger partial charge in [-0.05, 0) is 30.9 Å². The zero-order valence-electron chi connectivity index (χ0n) is 16.7. The smallest absolute Gasteiger partial charge is 0.293 e. The topological polar surface area (TPSA) is 77.6 Å². The highest BCUT2D eigenvalue weighted by molar-refractivity contribution is 6.32. The highest BCUT2D eigenvalue weighted by Gasteiger charge is 2.42. The second-order valence-electron chi connectivity index (χ2n) is 7.53. The summed E-state index contributed by atoms with van der Waals surface area (Å²) in [5.41, 5.74) is 1.44. The summed E-state index contributed by atoms with van der Waals surface area (Å²) in [6, 6.07) is 7.86. The van der Waals surface area contributed by atoms with Crippen molar-refractivity contribution in [2.75, 3.05) is 5.32 Å². The van der Waals surface area contributed by atoms with Crippen LogP contribution in [0.15, 0.2) is 30.6 Å². The molecule has 0 bridgehead atoms. The molecule has 164 valence electrons. The molecule has 0 spiro atoms. The summed E-state index contributed by atoms with van der Waals surface area (Å²) in [7, 11) is 0. The Kier molecular flexibility index (Phi) is 5.74. The van der Waals surface area contributed by atoms with Crippen molar-refractivity contribution < 1.29 is 18.0 Å².